The number of fused-ring (bicyclic) bond motifs is 1. The molecule has 120 valence electrons. The van der Waals surface area contributed by atoms with E-state index in [1.165, 1.54) is 6.92 Å². The number of nitrogens with zero attached hydrogens (tertiary/aromatic N) is 1. The van der Waals surface area contributed by atoms with Crippen LogP contribution in [-0.4, -0.2) is 11.0 Å². The number of ether oxygens (including phenoxy) is 1. The van der Waals surface area contributed by atoms with E-state index in [1.54, 1.807) is 42.5 Å². The highest BCUT2D eigenvalue weighted by atomic mass is 19.2. The highest BCUT2D eigenvalue weighted by molar-refractivity contribution is 5.81. The minimum absolute atomic E-state index is 0.373. The van der Waals surface area contributed by atoms with Crippen molar-refractivity contribution < 1.29 is 18.3 Å². The fourth-order valence-corrected chi connectivity index (χ4v) is 2.22. The molecule has 1 heterocycles. The molecular formula is C19H13F2NO2. The molecule has 0 radical (unpaired) electrons. The fraction of sp³-hybridized carbons (Fsp3) is 0.0526. The number of halogens is 2. The van der Waals surface area contributed by atoms with Crippen LogP contribution in [0, 0.1) is 11.6 Å². The van der Waals surface area contributed by atoms with Gasteiger partial charge in [-0.2, -0.15) is 0 Å². The van der Waals surface area contributed by atoms with E-state index in [-0.39, 0.29) is 5.97 Å². The summed E-state index contributed by atoms with van der Waals surface area (Å²) in [7, 11) is 0. The van der Waals surface area contributed by atoms with Crippen LogP contribution in [0.3, 0.4) is 0 Å². The van der Waals surface area contributed by atoms with Crippen molar-refractivity contribution in [2.75, 3.05) is 0 Å². The minimum Gasteiger partial charge on any atom is -0.427 e. The van der Waals surface area contributed by atoms with Gasteiger partial charge >= 0.3 is 5.97 Å². The maximum absolute atomic E-state index is 13.3. The third-order valence-electron chi connectivity index (χ3n) is 3.34. The molecule has 0 fully saturated rings. The van der Waals surface area contributed by atoms with Crippen molar-refractivity contribution in [3.8, 4) is 5.75 Å². The number of esters is 1. The van der Waals surface area contributed by atoms with E-state index in [4.69, 9.17) is 4.74 Å². The van der Waals surface area contributed by atoms with Gasteiger partial charge in [-0.1, -0.05) is 24.3 Å². The Morgan fingerprint density at radius 3 is 2.42 bits per heavy atom. The molecule has 0 saturated carbocycles. The average Bonchev–Trinajstić information content (AvgIpc) is 2.55. The fourth-order valence-electron chi connectivity index (χ4n) is 2.22. The molecule has 3 nitrogen and oxygen atoms in total. The minimum atomic E-state index is -0.919. The summed E-state index contributed by atoms with van der Waals surface area (Å²) in [4.78, 5) is 15.2. The molecule has 0 bridgehead atoms. The van der Waals surface area contributed by atoms with Crippen molar-refractivity contribution in [1.82, 2.24) is 4.98 Å². The summed E-state index contributed by atoms with van der Waals surface area (Å²) in [6.07, 6.45) is 3.59. The molecule has 3 aromatic rings. The SMILES string of the molecule is CC(=O)Oc1ccc(/C=C/c2ccc3cc(F)c(F)cc3n2)cc1. The number of hydrogen-bond donors (Lipinski definition) is 0. The number of hydrogen-bond acceptors (Lipinski definition) is 3. The van der Waals surface area contributed by atoms with Crippen LogP contribution in [0.1, 0.15) is 18.2 Å². The Morgan fingerprint density at radius 1 is 1.00 bits per heavy atom. The zero-order valence-corrected chi connectivity index (χ0v) is 12.8. The monoisotopic (exact) mass is 325 g/mol. The van der Waals surface area contributed by atoms with Crippen LogP contribution in [0.25, 0.3) is 23.1 Å². The van der Waals surface area contributed by atoms with E-state index >= 15 is 0 Å². The first-order chi connectivity index (χ1) is 11.5. The molecule has 24 heavy (non-hydrogen) atoms. The van der Waals surface area contributed by atoms with Gasteiger partial charge in [-0.15, -0.1) is 0 Å². The summed E-state index contributed by atoms with van der Waals surface area (Å²) in [5, 5.41) is 0.539. The van der Waals surface area contributed by atoms with E-state index in [2.05, 4.69) is 4.98 Å². The van der Waals surface area contributed by atoms with E-state index in [0.29, 0.717) is 22.3 Å². The molecule has 2 aromatic carbocycles. The van der Waals surface area contributed by atoms with Crippen molar-refractivity contribution in [1.29, 1.82) is 0 Å². The van der Waals surface area contributed by atoms with Crippen LogP contribution >= 0.6 is 0 Å². The van der Waals surface area contributed by atoms with Gasteiger partial charge < -0.3 is 4.74 Å². The molecule has 0 atom stereocenters. The van der Waals surface area contributed by atoms with Gasteiger partial charge in [0.15, 0.2) is 11.6 Å². The molecule has 0 aliphatic rings. The van der Waals surface area contributed by atoms with Crippen LogP contribution in [0.15, 0.2) is 48.5 Å². The quantitative estimate of drug-likeness (QED) is 0.521. The number of pyridine rings is 1. The van der Waals surface area contributed by atoms with Gasteiger partial charge in [-0.25, -0.2) is 13.8 Å². The Kier molecular flexibility index (Phi) is 4.33. The first-order valence-electron chi connectivity index (χ1n) is 7.23. The van der Waals surface area contributed by atoms with Crippen molar-refractivity contribution in [3.05, 3.63) is 71.4 Å². The molecule has 1 aromatic heterocycles. The van der Waals surface area contributed by atoms with Gasteiger partial charge in [-0.3, -0.25) is 4.79 Å². The Balaban J connectivity index is 1.82. The number of carbonyl (C=O) groups excluding carboxylic acids is 1. The highest BCUT2D eigenvalue weighted by Crippen LogP contribution is 2.19. The van der Waals surface area contributed by atoms with Crippen LogP contribution in [0.2, 0.25) is 0 Å². The number of aromatic nitrogens is 1. The molecular weight excluding hydrogens is 312 g/mol. The van der Waals surface area contributed by atoms with Crippen molar-refractivity contribution >= 4 is 29.0 Å². The third-order valence-corrected chi connectivity index (χ3v) is 3.34. The molecule has 5 heteroatoms. The Morgan fingerprint density at radius 2 is 1.71 bits per heavy atom. The molecule has 0 saturated heterocycles. The average molecular weight is 325 g/mol. The molecule has 3 rings (SSSR count). The number of benzene rings is 2. The Bertz CT molecular complexity index is 934. The van der Waals surface area contributed by atoms with Crippen LogP contribution < -0.4 is 4.74 Å². The van der Waals surface area contributed by atoms with Crippen molar-refractivity contribution in [3.63, 3.8) is 0 Å². The lowest BCUT2D eigenvalue weighted by molar-refractivity contribution is -0.131. The van der Waals surface area contributed by atoms with E-state index in [0.717, 1.165) is 17.7 Å². The second kappa shape index (κ2) is 6.58. The van der Waals surface area contributed by atoms with Crippen LogP contribution in [0.5, 0.6) is 5.75 Å². The molecule has 0 N–H and O–H groups in total. The zero-order chi connectivity index (χ0) is 17.1. The second-order valence-corrected chi connectivity index (χ2v) is 5.19. The van der Waals surface area contributed by atoms with E-state index < -0.39 is 11.6 Å². The molecule has 0 spiro atoms. The van der Waals surface area contributed by atoms with Gasteiger partial charge in [0.25, 0.3) is 0 Å². The molecule has 0 unspecified atom stereocenters. The van der Waals surface area contributed by atoms with Crippen LogP contribution in [-0.2, 0) is 4.79 Å². The second-order valence-electron chi connectivity index (χ2n) is 5.19. The maximum atomic E-state index is 13.3. The molecule has 0 amide bonds. The predicted molar refractivity (Wildman–Crippen MR) is 88.3 cm³/mol. The lowest BCUT2D eigenvalue weighted by atomic mass is 10.1. The highest BCUT2D eigenvalue weighted by Gasteiger charge is 2.05. The first kappa shape index (κ1) is 15.8. The van der Waals surface area contributed by atoms with Gasteiger partial charge in [0.05, 0.1) is 11.2 Å². The van der Waals surface area contributed by atoms with Crippen LogP contribution in [0.4, 0.5) is 8.78 Å². The summed E-state index contributed by atoms with van der Waals surface area (Å²) in [6, 6.07) is 12.6. The largest absolute Gasteiger partial charge is 0.427 e. The van der Waals surface area contributed by atoms with E-state index in [9.17, 15) is 13.6 Å². The maximum Gasteiger partial charge on any atom is 0.308 e. The van der Waals surface area contributed by atoms with Crippen molar-refractivity contribution in [2.45, 2.75) is 6.92 Å². The Hall–Kier alpha value is -3.08. The standard InChI is InChI=1S/C19H13F2NO2/c1-12(23)24-16-8-3-13(4-9-16)2-6-15-7-5-14-10-17(20)18(21)11-19(14)22-15/h2-11H,1H3/b6-2+. The molecule has 0 aliphatic carbocycles. The summed E-state index contributed by atoms with van der Waals surface area (Å²) in [6.45, 7) is 1.34. The smallest absolute Gasteiger partial charge is 0.308 e. The summed E-state index contributed by atoms with van der Waals surface area (Å²) < 4.78 is 31.4. The molecule has 0 aliphatic heterocycles. The summed E-state index contributed by atoms with van der Waals surface area (Å²) in [5.74, 6) is -1.71. The van der Waals surface area contributed by atoms with Gasteiger partial charge in [0.2, 0.25) is 0 Å². The summed E-state index contributed by atoms with van der Waals surface area (Å²) >= 11 is 0. The zero-order valence-electron chi connectivity index (χ0n) is 12.8. The van der Waals surface area contributed by atoms with Gasteiger partial charge in [0, 0.05) is 18.4 Å². The van der Waals surface area contributed by atoms with E-state index in [1.807, 2.05) is 6.08 Å². The van der Waals surface area contributed by atoms with Gasteiger partial charge in [-0.05, 0) is 35.9 Å². The third kappa shape index (κ3) is 3.63. The Labute approximate surface area is 137 Å². The lowest BCUT2D eigenvalue weighted by Gasteiger charge is -2.02. The number of rotatable bonds is 3. The topological polar surface area (TPSA) is 39.2 Å². The first-order valence-corrected chi connectivity index (χ1v) is 7.23. The lowest BCUT2D eigenvalue weighted by Crippen LogP contribution is -2.00. The normalized spacial score (nSPS) is 11.1. The predicted octanol–water partition coefficient (Wildman–Crippen LogP) is 4.61. The van der Waals surface area contributed by atoms with Crippen molar-refractivity contribution in [2.24, 2.45) is 0 Å². The van der Waals surface area contributed by atoms with Gasteiger partial charge in [0.1, 0.15) is 5.75 Å². The number of carbonyl (C=O) groups is 1. The summed E-state index contributed by atoms with van der Waals surface area (Å²) in [5.41, 5.74) is 1.90.